The zero-order valence-corrected chi connectivity index (χ0v) is 15.7. The fourth-order valence-electron chi connectivity index (χ4n) is 3.75. The van der Waals surface area contributed by atoms with E-state index >= 15 is 0 Å². The lowest BCUT2D eigenvalue weighted by Gasteiger charge is -2.31. The molecule has 0 saturated carbocycles. The van der Waals surface area contributed by atoms with Gasteiger partial charge in [-0.2, -0.15) is 0 Å². The summed E-state index contributed by atoms with van der Waals surface area (Å²) in [5.74, 6) is -1.84. The SMILES string of the molecule is Cc1nc2ccccc2nc1CN1CCC(C(=O)c2cc(F)ccc2F)CC1. The van der Waals surface area contributed by atoms with Gasteiger partial charge in [-0.05, 0) is 63.2 Å². The average Bonchev–Trinajstić information content (AvgIpc) is 2.70. The number of piperidine rings is 1. The van der Waals surface area contributed by atoms with Crippen LogP contribution in [-0.2, 0) is 6.54 Å². The molecule has 0 amide bonds. The summed E-state index contributed by atoms with van der Waals surface area (Å²) in [4.78, 5) is 24.2. The van der Waals surface area contributed by atoms with Gasteiger partial charge in [0.05, 0.1) is 28.0 Å². The summed E-state index contributed by atoms with van der Waals surface area (Å²) in [6, 6.07) is 10.8. The van der Waals surface area contributed by atoms with E-state index in [1.807, 2.05) is 31.2 Å². The highest BCUT2D eigenvalue weighted by Gasteiger charge is 2.28. The molecular weight excluding hydrogens is 360 g/mol. The third-order valence-corrected chi connectivity index (χ3v) is 5.37. The van der Waals surface area contributed by atoms with Gasteiger partial charge in [0.2, 0.25) is 0 Å². The summed E-state index contributed by atoms with van der Waals surface area (Å²) in [5, 5.41) is 0. The highest BCUT2D eigenvalue weighted by atomic mass is 19.1. The van der Waals surface area contributed by atoms with Crippen molar-refractivity contribution in [3.8, 4) is 0 Å². The minimum Gasteiger partial charge on any atom is -0.297 e. The van der Waals surface area contributed by atoms with Crippen molar-refractivity contribution in [2.24, 2.45) is 5.92 Å². The first-order valence-electron chi connectivity index (χ1n) is 9.45. The van der Waals surface area contributed by atoms with E-state index in [9.17, 15) is 13.6 Å². The normalized spacial score (nSPS) is 15.8. The Bertz CT molecular complexity index is 1030. The number of benzene rings is 2. The number of halogens is 2. The van der Waals surface area contributed by atoms with Crippen molar-refractivity contribution < 1.29 is 13.6 Å². The maximum atomic E-state index is 13.9. The van der Waals surface area contributed by atoms with Gasteiger partial charge >= 0.3 is 0 Å². The summed E-state index contributed by atoms with van der Waals surface area (Å²) >= 11 is 0. The van der Waals surface area contributed by atoms with E-state index in [1.54, 1.807) is 0 Å². The molecule has 1 aliphatic heterocycles. The van der Waals surface area contributed by atoms with E-state index in [4.69, 9.17) is 4.98 Å². The Kier molecular flexibility index (Phi) is 5.13. The first-order valence-corrected chi connectivity index (χ1v) is 9.45. The van der Waals surface area contributed by atoms with Crippen LogP contribution in [0.25, 0.3) is 11.0 Å². The minimum absolute atomic E-state index is 0.144. The third-order valence-electron chi connectivity index (χ3n) is 5.37. The first kappa shape index (κ1) is 18.6. The fourth-order valence-corrected chi connectivity index (χ4v) is 3.75. The summed E-state index contributed by atoms with van der Waals surface area (Å²) in [6.07, 6.45) is 1.24. The molecule has 6 heteroatoms. The van der Waals surface area contributed by atoms with Gasteiger partial charge in [0.15, 0.2) is 5.78 Å². The number of aromatic nitrogens is 2. The standard InChI is InChI=1S/C22H21F2N3O/c1-14-21(26-20-5-3-2-4-19(20)25-14)13-27-10-8-15(9-11-27)22(28)17-12-16(23)6-7-18(17)24/h2-7,12,15H,8-11,13H2,1H3. The summed E-state index contributed by atoms with van der Waals surface area (Å²) in [5.41, 5.74) is 3.44. The van der Waals surface area contributed by atoms with Gasteiger partial charge in [0, 0.05) is 12.5 Å². The number of carbonyl (C=O) groups excluding carboxylic acids is 1. The molecule has 0 atom stereocenters. The molecule has 0 N–H and O–H groups in total. The Morgan fingerprint density at radius 1 is 1.07 bits per heavy atom. The van der Waals surface area contributed by atoms with Gasteiger partial charge in [-0.3, -0.25) is 9.69 Å². The molecule has 4 nitrogen and oxygen atoms in total. The van der Waals surface area contributed by atoms with E-state index in [2.05, 4.69) is 9.88 Å². The molecule has 0 bridgehead atoms. The van der Waals surface area contributed by atoms with Gasteiger partial charge in [-0.25, -0.2) is 18.7 Å². The molecule has 4 rings (SSSR count). The van der Waals surface area contributed by atoms with Crippen molar-refractivity contribution in [2.75, 3.05) is 13.1 Å². The van der Waals surface area contributed by atoms with Crippen LogP contribution in [0.5, 0.6) is 0 Å². The molecule has 1 aromatic heterocycles. The predicted octanol–water partition coefficient (Wildman–Crippen LogP) is 4.31. The summed E-state index contributed by atoms with van der Waals surface area (Å²) in [6.45, 7) is 4.04. The number of rotatable bonds is 4. The van der Waals surface area contributed by atoms with Crippen LogP contribution < -0.4 is 0 Å². The lowest BCUT2D eigenvalue weighted by molar-refractivity contribution is 0.0829. The number of aryl methyl sites for hydroxylation is 1. The van der Waals surface area contributed by atoms with Gasteiger partial charge in [0.1, 0.15) is 11.6 Å². The van der Waals surface area contributed by atoms with Crippen molar-refractivity contribution in [3.05, 3.63) is 71.1 Å². The summed E-state index contributed by atoms with van der Waals surface area (Å²) in [7, 11) is 0. The van der Waals surface area contributed by atoms with E-state index in [-0.39, 0.29) is 17.3 Å². The maximum Gasteiger partial charge on any atom is 0.169 e. The number of hydrogen-bond acceptors (Lipinski definition) is 4. The molecule has 144 valence electrons. The quantitative estimate of drug-likeness (QED) is 0.632. The number of fused-ring (bicyclic) bond motifs is 1. The minimum atomic E-state index is -0.657. The van der Waals surface area contributed by atoms with Crippen LogP contribution in [0.2, 0.25) is 0 Å². The van der Waals surface area contributed by atoms with Gasteiger partial charge in [-0.1, -0.05) is 12.1 Å². The summed E-state index contributed by atoms with van der Waals surface area (Å²) < 4.78 is 27.3. The number of para-hydroxylation sites is 2. The number of hydrogen-bond donors (Lipinski definition) is 0. The fraction of sp³-hybridized carbons (Fsp3) is 0.318. The zero-order valence-electron chi connectivity index (χ0n) is 15.7. The molecule has 1 fully saturated rings. The third kappa shape index (κ3) is 3.78. The zero-order chi connectivity index (χ0) is 19.7. The molecule has 1 aliphatic rings. The molecule has 28 heavy (non-hydrogen) atoms. The van der Waals surface area contributed by atoms with E-state index in [0.29, 0.717) is 32.5 Å². The Morgan fingerprint density at radius 2 is 1.75 bits per heavy atom. The topological polar surface area (TPSA) is 46.1 Å². The van der Waals surface area contributed by atoms with E-state index in [1.165, 1.54) is 0 Å². The smallest absolute Gasteiger partial charge is 0.169 e. The van der Waals surface area contributed by atoms with Crippen molar-refractivity contribution in [3.63, 3.8) is 0 Å². The first-order chi connectivity index (χ1) is 13.5. The molecular formula is C22H21F2N3O. The average molecular weight is 381 g/mol. The monoisotopic (exact) mass is 381 g/mol. The number of nitrogens with zero attached hydrogens (tertiary/aromatic N) is 3. The Balaban J connectivity index is 1.42. The molecule has 2 aromatic carbocycles. The number of Topliss-reactive ketones (excluding diaryl/α,β-unsaturated/α-hetero) is 1. The predicted molar refractivity (Wildman–Crippen MR) is 103 cm³/mol. The van der Waals surface area contributed by atoms with Crippen molar-refractivity contribution >= 4 is 16.8 Å². The molecule has 2 heterocycles. The highest BCUT2D eigenvalue weighted by Crippen LogP contribution is 2.25. The van der Waals surface area contributed by atoms with Crippen LogP contribution in [-0.4, -0.2) is 33.7 Å². The lowest BCUT2D eigenvalue weighted by Crippen LogP contribution is -2.36. The number of carbonyl (C=O) groups is 1. The molecule has 0 aliphatic carbocycles. The van der Waals surface area contributed by atoms with Crippen molar-refractivity contribution in [1.29, 1.82) is 0 Å². The Morgan fingerprint density at radius 3 is 2.46 bits per heavy atom. The second-order valence-corrected chi connectivity index (χ2v) is 7.28. The van der Waals surface area contributed by atoms with Crippen LogP contribution in [0.4, 0.5) is 8.78 Å². The van der Waals surface area contributed by atoms with E-state index < -0.39 is 11.6 Å². The molecule has 0 unspecified atom stereocenters. The maximum absolute atomic E-state index is 13.9. The van der Waals surface area contributed by atoms with Crippen LogP contribution in [0.15, 0.2) is 42.5 Å². The van der Waals surface area contributed by atoms with Gasteiger partial charge in [0.25, 0.3) is 0 Å². The van der Waals surface area contributed by atoms with Gasteiger partial charge in [-0.15, -0.1) is 0 Å². The van der Waals surface area contributed by atoms with Crippen LogP contribution >= 0.6 is 0 Å². The molecule has 0 radical (unpaired) electrons. The Labute approximate surface area is 162 Å². The number of likely N-dealkylation sites (tertiary alicyclic amines) is 1. The number of ketones is 1. The van der Waals surface area contributed by atoms with Crippen LogP contribution in [0, 0.1) is 24.5 Å². The second kappa shape index (κ2) is 7.72. The van der Waals surface area contributed by atoms with Crippen LogP contribution in [0.3, 0.4) is 0 Å². The molecule has 0 spiro atoms. The second-order valence-electron chi connectivity index (χ2n) is 7.28. The van der Waals surface area contributed by atoms with Crippen molar-refractivity contribution in [1.82, 2.24) is 14.9 Å². The Hall–Kier alpha value is -2.73. The molecule has 1 saturated heterocycles. The molecule has 3 aromatic rings. The van der Waals surface area contributed by atoms with Crippen molar-refractivity contribution in [2.45, 2.75) is 26.3 Å². The highest BCUT2D eigenvalue weighted by molar-refractivity contribution is 5.98. The van der Waals surface area contributed by atoms with Crippen LogP contribution in [0.1, 0.15) is 34.6 Å². The van der Waals surface area contributed by atoms with Gasteiger partial charge < -0.3 is 0 Å². The van der Waals surface area contributed by atoms with E-state index in [0.717, 1.165) is 40.6 Å². The lowest BCUT2D eigenvalue weighted by atomic mass is 9.88. The largest absolute Gasteiger partial charge is 0.297 e.